The zero-order valence-electron chi connectivity index (χ0n) is 15.2. The highest BCUT2D eigenvalue weighted by molar-refractivity contribution is 8.00. The first kappa shape index (κ1) is 18.8. The molecule has 4 aromatic rings. The van der Waals surface area contributed by atoms with Gasteiger partial charge in [0.25, 0.3) is 0 Å². The lowest BCUT2D eigenvalue weighted by atomic mass is 10.1. The van der Waals surface area contributed by atoms with Gasteiger partial charge in [0.1, 0.15) is 11.5 Å². The molecule has 0 fully saturated rings. The molecule has 1 heterocycles. The summed E-state index contributed by atoms with van der Waals surface area (Å²) in [5.74, 6) is -0.254. The number of thioether (sulfide) groups is 1. The molecule has 1 aromatic heterocycles. The normalized spacial score (nSPS) is 11.3. The highest BCUT2D eigenvalue weighted by Crippen LogP contribution is 2.33. The number of amides is 1. The first-order valence-corrected chi connectivity index (χ1v) is 9.84. The Kier molecular flexibility index (Phi) is 5.31. The Labute approximate surface area is 170 Å². The fourth-order valence-corrected chi connectivity index (χ4v) is 3.94. The summed E-state index contributed by atoms with van der Waals surface area (Å²) in [4.78, 5) is 17.9. The third-order valence-electron chi connectivity index (χ3n) is 4.29. The van der Waals surface area contributed by atoms with E-state index in [1.807, 2.05) is 48.5 Å². The Hall–Kier alpha value is -3.58. The lowest BCUT2D eigenvalue weighted by Crippen LogP contribution is -2.19. The standard InChI is InChI=1S/C22H17N3O3S/c26-15-10-9-14(20(27)11-15)12-23-25-21(28)13-29-22-16-5-1-3-7-18(16)24-19-8-4-2-6-17(19)22/h1-12,26-27H,13H2,(H,25,28)/b23-12+. The van der Waals surface area contributed by atoms with Crippen molar-refractivity contribution in [1.82, 2.24) is 10.4 Å². The molecule has 144 valence electrons. The number of hydrazone groups is 1. The van der Waals surface area contributed by atoms with Gasteiger partial charge in [0, 0.05) is 27.3 Å². The molecule has 0 unspecified atom stereocenters. The zero-order chi connectivity index (χ0) is 20.2. The zero-order valence-corrected chi connectivity index (χ0v) is 16.1. The van der Waals surface area contributed by atoms with Gasteiger partial charge in [-0.1, -0.05) is 36.4 Å². The van der Waals surface area contributed by atoms with Gasteiger partial charge in [-0.25, -0.2) is 10.4 Å². The number of carbonyl (C=O) groups excluding carboxylic acids is 1. The lowest BCUT2D eigenvalue weighted by molar-refractivity contribution is -0.118. The Morgan fingerprint density at radius 2 is 1.66 bits per heavy atom. The van der Waals surface area contributed by atoms with Gasteiger partial charge in [-0.05, 0) is 24.3 Å². The summed E-state index contributed by atoms with van der Waals surface area (Å²) in [5, 5.41) is 24.9. The molecular weight excluding hydrogens is 386 g/mol. The van der Waals surface area contributed by atoms with Crippen LogP contribution >= 0.6 is 11.8 Å². The lowest BCUT2D eigenvalue weighted by Gasteiger charge is -2.10. The second kappa shape index (κ2) is 8.20. The van der Waals surface area contributed by atoms with E-state index in [0.717, 1.165) is 26.7 Å². The summed E-state index contributed by atoms with van der Waals surface area (Å²) in [7, 11) is 0. The molecule has 0 spiro atoms. The molecule has 3 N–H and O–H groups in total. The van der Waals surface area contributed by atoms with E-state index in [-0.39, 0.29) is 23.2 Å². The number of phenols is 2. The van der Waals surface area contributed by atoms with Crippen molar-refractivity contribution in [2.24, 2.45) is 5.10 Å². The number of aromatic hydroxyl groups is 2. The van der Waals surface area contributed by atoms with E-state index in [2.05, 4.69) is 15.5 Å². The maximum absolute atomic E-state index is 12.3. The number of fused-ring (bicyclic) bond motifs is 2. The number of nitrogens with one attached hydrogen (secondary N) is 1. The molecule has 1 amide bonds. The van der Waals surface area contributed by atoms with E-state index in [0.29, 0.717) is 5.56 Å². The Balaban J connectivity index is 1.50. The maximum atomic E-state index is 12.3. The van der Waals surface area contributed by atoms with E-state index in [1.165, 1.54) is 36.2 Å². The second-order valence-corrected chi connectivity index (χ2v) is 7.29. The van der Waals surface area contributed by atoms with Gasteiger partial charge in [0.2, 0.25) is 5.91 Å². The molecule has 6 nitrogen and oxygen atoms in total. The summed E-state index contributed by atoms with van der Waals surface area (Å²) in [6, 6.07) is 19.9. The molecule has 0 atom stereocenters. The van der Waals surface area contributed by atoms with Crippen molar-refractivity contribution in [2.45, 2.75) is 4.90 Å². The van der Waals surface area contributed by atoms with Crippen molar-refractivity contribution in [3.8, 4) is 11.5 Å². The van der Waals surface area contributed by atoms with E-state index >= 15 is 0 Å². The van der Waals surface area contributed by atoms with Crippen molar-refractivity contribution >= 4 is 45.7 Å². The molecule has 0 radical (unpaired) electrons. The summed E-state index contributed by atoms with van der Waals surface area (Å²) in [5.41, 5.74) is 4.62. The third-order valence-corrected chi connectivity index (χ3v) is 5.43. The van der Waals surface area contributed by atoms with Crippen molar-refractivity contribution in [2.75, 3.05) is 5.75 Å². The van der Waals surface area contributed by atoms with Gasteiger partial charge in [0.15, 0.2) is 0 Å². The first-order valence-electron chi connectivity index (χ1n) is 8.86. The molecule has 0 saturated carbocycles. The molecule has 0 saturated heterocycles. The van der Waals surface area contributed by atoms with Crippen LogP contribution < -0.4 is 5.43 Å². The molecule has 29 heavy (non-hydrogen) atoms. The number of pyridine rings is 1. The average molecular weight is 403 g/mol. The Morgan fingerprint density at radius 1 is 1.00 bits per heavy atom. The summed E-state index contributed by atoms with van der Waals surface area (Å²) < 4.78 is 0. The fourth-order valence-electron chi connectivity index (χ4n) is 2.94. The molecular formula is C22H17N3O3S. The van der Waals surface area contributed by atoms with Gasteiger partial charge in [0.05, 0.1) is 23.0 Å². The van der Waals surface area contributed by atoms with Gasteiger partial charge in [-0.2, -0.15) is 5.10 Å². The second-order valence-electron chi connectivity index (χ2n) is 6.30. The minimum atomic E-state index is -0.269. The number of rotatable bonds is 5. The van der Waals surface area contributed by atoms with Crippen LogP contribution in [0.5, 0.6) is 11.5 Å². The molecule has 0 aliphatic heterocycles. The Bertz CT molecular complexity index is 1190. The number of para-hydroxylation sites is 2. The van der Waals surface area contributed by atoms with E-state index in [1.54, 1.807) is 0 Å². The van der Waals surface area contributed by atoms with Crippen LogP contribution in [0.4, 0.5) is 0 Å². The van der Waals surface area contributed by atoms with Crippen LogP contribution in [0.3, 0.4) is 0 Å². The van der Waals surface area contributed by atoms with Crippen LogP contribution in [0.15, 0.2) is 76.7 Å². The number of nitrogens with zero attached hydrogens (tertiary/aromatic N) is 2. The predicted molar refractivity (Wildman–Crippen MR) is 115 cm³/mol. The van der Waals surface area contributed by atoms with Crippen LogP contribution in [0.2, 0.25) is 0 Å². The van der Waals surface area contributed by atoms with Crippen LogP contribution in [-0.4, -0.2) is 33.1 Å². The topological polar surface area (TPSA) is 94.8 Å². The SMILES string of the molecule is O=C(CSc1c2ccccc2nc2ccccc12)N/N=C/c1ccc(O)cc1O. The van der Waals surface area contributed by atoms with E-state index in [9.17, 15) is 15.0 Å². The van der Waals surface area contributed by atoms with Crippen molar-refractivity contribution < 1.29 is 15.0 Å². The van der Waals surface area contributed by atoms with E-state index in [4.69, 9.17) is 0 Å². The average Bonchev–Trinajstić information content (AvgIpc) is 2.72. The largest absolute Gasteiger partial charge is 0.508 e. The minimum absolute atomic E-state index is 0.0445. The van der Waals surface area contributed by atoms with Crippen molar-refractivity contribution in [3.05, 3.63) is 72.3 Å². The van der Waals surface area contributed by atoms with Gasteiger partial charge >= 0.3 is 0 Å². The maximum Gasteiger partial charge on any atom is 0.250 e. The van der Waals surface area contributed by atoms with Crippen LogP contribution in [0.25, 0.3) is 21.8 Å². The van der Waals surface area contributed by atoms with Crippen LogP contribution in [-0.2, 0) is 4.79 Å². The number of hydrogen-bond donors (Lipinski definition) is 3. The predicted octanol–water partition coefficient (Wildman–Crippen LogP) is 4.04. The summed E-state index contributed by atoms with van der Waals surface area (Å²) in [6.45, 7) is 0. The van der Waals surface area contributed by atoms with Gasteiger partial charge in [-0.15, -0.1) is 11.8 Å². The highest BCUT2D eigenvalue weighted by Gasteiger charge is 2.11. The van der Waals surface area contributed by atoms with Crippen LogP contribution in [0, 0.1) is 0 Å². The minimum Gasteiger partial charge on any atom is -0.508 e. The Morgan fingerprint density at radius 3 is 2.31 bits per heavy atom. The molecule has 7 heteroatoms. The van der Waals surface area contributed by atoms with E-state index < -0.39 is 0 Å². The molecule has 0 aliphatic rings. The van der Waals surface area contributed by atoms with Crippen molar-refractivity contribution in [1.29, 1.82) is 0 Å². The number of benzene rings is 3. The number of phenolic OH excluding ortho intramolecular Hbond substituents is 2. The summed E-state index contributed by atoms with van der Waals surface area (Å²) >= 11 is 1.43. The third kappa shape index (κ3) is 4.14. The van der Waals surface area contributed by atoms with Gasteiger partial charge < -0.3 is 10.2 Å². The highest BCUT2D eigenvalue weighted by atomic mass is 32.2. The molecule has 0 aliphatic carbocycles. The van der Waals surface area contributed by atoms with Crippen molar-refractivity contribution in [3.63, 3.8) is 0 Å². The van der Waals surface area contributed by atoms with Crippen LogP contribution in [0.1, 0.15) is 5.56 Å². The number of aromatic nitrogens is 1. The number of carbonyl (C=O) groups is 1. The summed E-state index contributed by atoms with van der Waals surface area (Å²) in [6.07, 6.45) is 1.33. The quantitative estimate of drug-likeness (QED) is 0.202. The fraction of sp³-hybridized carbons (Fsp3) is 0.0455. The molecule has 3 aromatic carbocycles. The molecule has 0 bridgehead atoms. The smallest absolute Gasteiger partial charge is 0.250 e. The molecule has 4 rings (SSSR count). The monoisotopic (exact) mass is 403 g/mol. The number of hydrogen-bond acceptors (Lipinski definition) is 6. The van der Waals surface area contributed by atoms with Gasteiger partial charge in [-0.3, -0.25) is 4.79 Å². The first-order chi connectivity index (χ1) is 14.1.